The highest BCUT2D eigenvalue weighted by atomic mass is 79.9. The topological polar surface area (TPSA) is 59.0 Å². The highest BCUT2D eigenvalue weighted by Crippen LogP contribution is 2.24. The molecular weight excluding hydrogens is 316 g/mol. The molecule has 0 radical (unpaired) electrons. The molecule has 0 saturated heterocycles. The first-order valence-corrected chi connectivity index (χ1v) is 7.12. The van der Waals surface area contributed by atoms with E-state index in [4.69, 9.17) is 15.7 Å². The molecule has 0 aliphatic carbocycles. The summed E-state index contributed by atoms with van der Waals surface area (Å²) < 4.78 is 6.87. The molecule has 0 saturated carbocycles. The monoisotopic (exact) mass is 330 g/mol. The largest absolute Gasteiger partial charge is 0.489 e. The second-order valence-corrected chi connectivity index (χ2v) is 5.30. The number of nitriles is 1. The number of rotatable bonds is 5. The van der Waals surface area contributed by atoms with Gasteiger partial charge in [0.15, 0.2) is 0 Å². The molecule has 2 rings (SSSR count). The second-order valence-electron chi connectivity index (χ2n) is 4.39. The Balaban J connectivity index is 2.08. The predicted molar refractivity (Wildman–Crippen MR) is 82.4 cm³/mol. The number of halogens is 1. The third-order valence-corrected chi connectivity index (χ3v) is 3.41. The Morgan fingerprint density at radius 2 is 1.90 bits per heavy atom. The van der Waals surface area contributed by atoms with Crippen LogP contribution in [0.2, 0.25) is 0 Å². The fourth-order valence-electron chi connectivity index (χ4n) is 1.88. The first-order valence-electron chi connectivity index (χ1n) is 6.33. The first-order chi connectivity index (χ1) is 9.72. The van der Waals surface area contributed by atoms with Crippen LogP contribution in [0.4, 0.5) is 0 Å². The molecule has 0 aromatic heterocycles. The number of benzene rings is 2. The number of nitrogens with zero attached hydrogens (tertiary/aromatic N) is 1. The van der Waals surface area contributed by atoms with Crippen molar-refractivity contribution in [3.8, 4) is 11.8 Å². The molecule has 2 aromatic carbocycles. The average molecular weight is 331 g/mol. The van der Waals surface area contributed by atoms with E-state index in [0.29, 0.717) is 18.7 Å². The Kier molecular flexibility index (Phi) is 5.16. The molecule has 0 heterocycles. The van der Waals surface area contributed by atoms with Crippen LogP contribution in [0.15, 0.2) is 46.9 Å². The van der Waals surface area contributed by atoms with Gasteiger partial charge < -0.3 is 10.5 Å². The van der Waals surface area contributed by atoms with Crippen LogP contribution in [0.5, 0.6) is 5.75 Å². The van der Waals surface area contributed by atoms with Gasteiger partial charge in [-0.2, -0.15) is 5.26 Å². The van der Waals surface area contributed by atoms with Crippen LogP contribution in [-0.2, 0) is 13.0 Å². The van der Waals surface area contributed by atoms with Crippen LogP contribution in [0.25, 0.3) is 0 Å². The van der Waals surface area contributed by atoms with Gasteiger partial charge in [0.25, 0.3) is 0 Å². The zero-order valence-electron chi connectivity index (χ0n) is 11.0. The maximum Gasteiger partial charge on any atom is 0.123 e. The minimum Gasteiger partial charge on any atom is -0.489 e. The van der Waals surface area contributed by atoms with Gasteiger partial charge in [-0.25, -0.2) is 0 Å². The fraction of sp³-hybridized carbons (Fsp3) is 0.188. The zero-order chi connectivity index (χ0) is 14.4. The molecule has 0 amide bonds. The summed E-state index contributed by atoms with van der Waals surface area (Å²) in [6, 6.07) is 15.4. The molecule has 20 heavy (non-hydrogen) atoms. The van der Waals surface area contributed by atoms with Crippen LogP contribution in [0.1, 0.15) is 16.7 Å². The van der Waals surface area contributed by atoms with E-state index in [1.807, 2.05) is 30.3 Å². The lowest BCUT2D eigenvalue weighted by Gasteiger charge is -2.11. The summed E-state index contributed by atoms with van der Waals surface area (Å²) >= 11 is 3.45. The Hall–Kier alpha value is -1.83. The standard InChI is InChI=1S/C16H15BrN2O/c17-15-5-6-16(14(9-15)7-8-18)20-11-13-3-1-12(10-19)2-4-13/h1-6,9H,7-8,11,18H2. The lowest BCUT2D eigenvalue weighted by molar-refractivity contribution is 0.303. The summed E-state index contributed by atoms with van der Waals surface area (Å²) in [6.07, 6.45) is 0.780. The minimum absolute atomic E-state index is 0.477. The SMILES string of the molecule is N#Cc1ccc(COc2ccc(Br)cc2CCN)cc1. The normalized spacial score (nSPS) is 10.1. The highest BCUT2D eigenvalue weighted by molar-refractivity contribution is 9.10. The van der Waals surface area contributed by atoms with Crippen LogP contribution >= 0.6 is 15.9 Å². The number of ether oxygens (including phenoxy) is 1. The van der Waals surface area contributed by atoms with Gasteiger partial charge in [0, 0.05) is 4.47 Å². The minimum atomic E-state index is 0.477. The van der Waals surface area contributed by atoms with Crippen molar-refractivity contribution in [3.05, 3.63) is 63.6 Å². The Morgan fingerprint density at radius 1 is 1.15 bits per heavy atom. The van der Waals surface area contributed by atoms with Crippen LogP contribution in [0.3, 0.4) is 0 Å². The van der Waals surface area contributed by atoms with Crippen molar-refractivity contribution in [3.63, 3.8) is 0 Å². The van der Waals surface area contributed by atoms with E-state index in [1.54, 1.807) is 12.1 Å². The first kappa shape index (κ1) is 14.6. The van der Waals surface area contributed by atoms with E-state index in [2.05, 4.69) is 22.0 Å². The van der Waals surface area contributed by atoms with E-state index in [-0.39, 0.29) is 0 Å². The Morgan fingerprint density at radius 3 is 2.55 bits per heavy atom. The zero-order valence-corrected chi connectivity index (χ0v) is 12.6. The summed E-state index contributed by atoms with van der Waals surface area (Å²) in [5.41, 5.74) is 8.40. The predicted octanol–water partition coefficient (Wildman–Crippen LogP) is 3.40. The number of hydrogen-bond acceptors (Lipinski definition) is 3. The molecule has 2 aromatic rings. The maximum atomic E-state index is 8.76. The summed E-state index contributed by atoms with van der Waals surface area (Å²) in [7, 11) is 0. The molecule has 0 bridgehead atoms. The lowest BCUT2D eigenvalue weighted by atomic mass is 10.1. The van der Waals surface area contributed by atoms with Crippen LogP contribution in [-0.4, -0.2) is 6.54 Å². The second kappa shape index (κ2) is 7.09. The van der Waals surface area contributed by atoms with Crippen molar-refractivity contribution in [1.29, 1.82) is 5.26 Å². The maximum absolute atomic E-state index is 8.76. The van der Waals surface area contributed by atoms with E-state index in [1.165, 1.54) is 0 Å². The molecule has 3 nitrogen and oxygen atoms in total. The summed E-state index contributed by atoms with van der Waals surface area (Å²) in [4.78, 5) is 0. The molecule has 2 N–H and O–H groups in total. The smallest absolute Gasteiger partial charge is 0.123 e. The van der Waals surface area contributed by atoms with Gasteiger partial charge in [-0.3, -0.25) is 0 Å². The van der Waals surface area contributed by atoms with Crippen molar-refractivity contribution in [2.24, 2.45) is 5.73 Å². The molecule has 102 valence electrons. The molecular formula is C16H15BrN2O. The lowest BCUT2D eigenvalue weighted by Crippen LogP contribution is -2.05. The summed E-state index contributed by atoms with van der Waals surface area (Å²) in [6.45, 7) is 1.06. The van der Waals surface area contributed by atoms with Crippen molar-refractivity contribution in [1.82, 2.24) is 0 Å². The van der Waals surface area contributed by atoms with E-state index < -0.39 is 0 Å². The van der Waals surface area contributed by atoms with Gasteiger partial charge >= 0.3 is 0 Å². The molecule has 0 unspecified atom stereocenters. The molecule has 4 heteroatoms. The van der Waals surface area contributed by atoms with Crippen molar-refractivity contribution >= 4 is 15.9 Å². The van der Waals surface area contributed by atoms with Gasteiger partial charge in [0.2, 0.25) is 0 Å². The number of nitrogens with two attached hydrogens (primary N) is 1. The third kappa shape index (κ3) is 3.83. The molecule has 0 atom stereocenters. The van der Waals surface area contributed by atoms with Gasteiger partial charge in [-0.05, 0) is 54.4 Å². The van der Waals surface area contributed by atoms with Crippen molar-refractivity contribution in [2.75, 3.05) is 6.54 Å². The van der Waals surface area contributed by atoms with E-state index in [0.717, 1.165) is 27.8 Å². The van der Waals surface area contributed by atoms with Crippen molar-refractivity contribution in [2.45, 2.75) is 13.0 Å². The third-order valence-electron chi connectivity index (χ3n) is 2.91. The molecule has 0 aliphatic heterocycles. The molecule has 0 aliphatic rings. The van der Waals surface area contributed by atoms with E-state index in [9.17, 15) is 0 Å². The fourth-order valence-corrected chi connectivity index (χ4v) is 2.28. The van der Waals surface area contributed by atoms with E-state index >= 15 is 0 Å². The van der Waals surface area contributed by atoms with Crippen molar-refractivity contribution < 1.29 is 4.74 Å². The van der Waals surface area contributed by atoms with Gasteiger partial charge in [0.1, 0.15) is 12.4 Å². The Labute approximate surface area is 127 Å². The number of hydrogen-bond donors (Lipinski definition) is 1. The van der Waals surface area contributed by atoms with Crippen LogP contribution in [0, 0.1) is 11.3 Å². The van der Waals surface area contributed by atoms with Crippen LogP contribution < -0.4 is 10.5 Å². The summed E-state index contributed by atoms with van der Waals surface area (Å²) in [5, 5.41) is 8.76. The quantitative estimate of drug-likeness (QED) is 0.913. The average Bonchev–Trinajstić information content (AvgIpc) is 2.47. The van der Waals surface area contributed by atoms with Gasteiger partial charge in [0.05, 0.1) is 11.6 Å². The van der Waals surface area contributed by atoms with Gasteiger partial charge in [-0.15, -0.1) is 0 Å². The summed E-state index contributed by atoms with van der Waals surface area (Å²) in [5.74, 6) is 0.850. The highest BCUT2D eigenvalue weighted by Gasteiger charge is 2.04. The Bertz CT molecular complexity index is 617. The van der Waals surface area contributed by atoms with Gasteiger partial charge in [-0.1, -0.05) is 28.1 Å². The molecule has 0 fully saturated rings. The molecule has 0 spiro atoms.